The number of nitrogens with zero attached hydrogens (tertiary/aromatic N) is 1. The fourth-order valence-electron chi connectivity index (χ4n) is 1.96. The van der Waals surface area contributed by atoms with Crippen LogP contribution in [-0.2, 0) is 11.3 Å². The van der Waals surface area contributed by atoms with Crippen LogP contribution < -0.4 is 5.32 Å². The molecule has 0 atom stereocenters. The van der Waals surface area contributed by atoms with Gasteiger partial charge in [-0.15, -0.1) is 0 Å². The SMILES string of the molecule is Cc1ccccc1CNC(=O)CCN1CCSC1=O. The van der Waals surface area contributed by atoms with Crippen molar-refractivity contribution in [2.24, 2.45) is 0 Å². The van der Waals surface area contributed by atoms with Gasteiger partial charge in [0.2, 0.25) is 5.91 Å². The van der Waals surface area contributed by atoms with Crippen LogP contribution in [0.2, 0.25) is 0 Å². The van der Waals surface area contributed by atoms with E-state index in [0.29, 0.717) is 19.5 Å². The molecule has 2 rings (SSSR count). The maximum atomic E-state index is 11.7. The summed E-state index contributed by atoms with van der Waals surface area (Å²) in [4.78, 5) is 24.8. The fourth-order valence-corrected chi connectivity index (χ4v) is 2.81. The highest BCUT2D eigenvalue weighted by atomic mass is 32.2. The molecule has 2 amide bonds. The van der Waals surface area contributed by atoms with E-state index in [1.165, 1.54) is 17.3 Å². The van der Waals surface area contributed by atoms with Crippen LogP contribution in [0.3, 0.4) is 0 Å². The predicted octanol–water partition coefficient (Wildman–Crippen LogP) is 2.17. The topological polar surface area (TPSA) is 49.4 Å². The van der Waals surface area contributed by atoms with Crippen LogP contribution in [0.4, 0.5) is 4.79 Å². The van der Waals surface area contributed by atoms with Gasteiger partial charge >= 0.3 is 0 Å². The maximum Gasteiger partial charge on any atom is 0.281 e. The molecule has 102 valence electrons. The lowest BCUT2D eigenvalue weighted by Crippen LogP contribution is -2.30. The van der Waals surface area contributed by atoms with E-state index in [4.69, 9.17) is 0 Å². The number of aryl methyl sites for hydroxylation is 1. The lowest BCUT2D eigenvalue weighted by atomic mass is 10.1. The van der Waals surface area contributed by atoms with Crippen molar-refractivity contribution in [3.8, 4) is 0 Å². The van der Waals surface area contributed by atoms with Crippen molar-refractivity contribution < 1.29 is 9.59 Å². The average molecular weight is 278 g/mol. The molecule has 1 heterocycles. The number of thioether (sulfide) groups is 1. The summed E-state index contributed by atoms with van der Waals surface area (Å²) in [5, 5.41) is 2.98. The number of amides is 2. The molecule has 1 saturated heterocycles. The predicted molar refractivity (Wildman–Crippen MR) is 77.1 cm³/mol. The van der Waals surface area contributed by atoms with Crippen molar-refractivity contribution in [1.29, 1.82) is 0 Å². The van der Waals surface area contributed by atoms with Gasteiger partial charge in [0.1, 0.15) is 0 Å². The number of hydrogen-bond donors (Lipinski definition) is 1. The van der Waals surface area contributed by atoms with Gasteiger partial charge in [-0.25, -0.2) is 0 Å². The van der Waals surface area contributed by atoms with Crippen molar-refractivity contribution in [1.82, 2.24) is 10.2 Å². The van der Waals surface area contributed by atoms with E-state index in [2.05, 4.69) is 5.32 Å². The third kappa shape index (κ3) is 3.99. The van der Waals surface area contributed by atoms with Gasteiger partial charge in [0.25, 0.3) is 5.24 Å². The third-order valence-corrected chi connectivity index (χ3v) is 4.08. The molecule has 0 radical (unpaired) electrons. The van der Waals surface area contributed by atoms with Gasteiger partial charge in [-0.1, -0.05) is 36.0 Å². The summed E-state index contributed by atoms with van der Waals surface area (Å²) in [6.45, 7) is 3.86. The zero-order valence-electron chi connectivity index (χ0n) is 11.0. The van der Waals surface area contributed by atoms with Crippen molar-refractivity contribution in [3.63, 3.8) is 0 Å². The number of carbonyl (C=O) groups excluding carboxylic acids is 2. The van der Waals surface area contributed by atoms with Gasteiger partial charge in [-0.3, -0.25) is 9.59 Å². The quantitative estimate of drug-likeness (QED) is 0.898. The van der Waals surface area contributed by atoms with Crippen molar-refractivity contribution in [3.05, 3.63) is 35.4 Å². The largest absolute Gasteiger partial charge is 0.352 e. The second-order valence-corrected chi connectivity index (χ2v) is 5.60. The highest BCUT2D eigenvalue weighted by Gasteiger charge is 2.21. The molecule has 1 aromatic carbocycles. The Balaban J connectivity index is 1.73. The van der Waals surface area contributed by atoms with Crippen LogP contribution >= 0.6 is 11.8 Å². The van der Waals surface area contributed by atoms with Crippen molar-refractivity contribution in [2.75, 3.05) is 18.8 Å². The highest BCUT2D eigenvalue weighted by Crippen LogP contribution is 2.17. The molecule has 0 saturated carbocycles. The Morgan fingerprint density at radius 2 is 2.21 bits per heavy atom. The number of rotatable bonds is 5. The van der Waals surface area contributed by atoms with E-state index in [9.17, 15) is 9.59 Å². The Bertz CT molecular complexity index is 476. The summed E-state index contributed by atoms with van der Waals surface area (Å²) in [6, 6.07) is 7.99. The molecule has 0 spiro atoms. The Labute approximate surface area is 117 Å². The first kappa shape index (κ1) is 13.9. The maximum absolute atomic E-state index is 11.7. The van der Waals surface area contributed by atoms with Crippen LogP contribution in [0, 0.1) is 6.92 Å². The molecule has 19 heavy (non-hydrogen) atoms. The van der Waals surface area contributed by atoms with Gasteiger partial charge in [-0.2, -0.15) is 0 Å². The zero-order chi connectivity index (χ0) is 13.7. The van der Waals surface area contributed by atoms with Crippen molar-refractivity contribution >= 4 is 22.9 Å². The number of benzene rings is 1. The van der Waals surface area contributed by atoms with E-state index in [1.54, 1.807) is 4.90 Å². The number of carbonyl (C=O) groups is 2. The number of nitrogens with one attached hydrogen (secondary N) is 1. The van der Waals surface area contributed by atoms with Gasteiger partial charge < -0.3 is 10.2 Å². The molecular formula is C14H18N2O2S. The van der Waals surface area contributed by atoms with Gasteiger partial charge in [0, 0.05) is 31.8 Å². The Morgan fingerprint density at radius 3 is 2.89 bits per heavy atom. The zero-order valence-corrected chi connectivity index (χ0v) is 11.8. The highest BCUT2D eigenvalue weighted by molar-refractivity contribution is 8.13. The second kappa shape index (κ2) is 6.61. The van der Waals surface area contributed by atoms with Gasteiger partial charge in [0.15, 0.2) is 0 Å². The first-order chi connectivity index (χ1) is 9.16. The summed E-state index contributed by atoms with van der Waals surface area (Å²) in [6.07, 6.45) is 0.373. The van der Waals surface area contributed by atoms with Gasteiger partial charge in [0.05, 0.1) is 0 Å². The van der Waals surface area contributed by atoms with E-state index in [1.807, 2.05) is 31.2 Å². The molecule has 1 aliphatic rings. The van der Waals surface area contributed by atoms with Gasteiger partial charge in [-0.05, 0) is 18.1 Å². The Kier molecular flexibility index (Phi) is 4.85. The third-order valence-electron chi connectivity index (χ3n) is 3.19. The number of hydrogen-bond acceptors (Lipinski definition) is 3. The molecule has 1 aromatic rings. The summed E-state index contributed by atoms with van der Waals surface area (Å²) in [5.74, 6) is 0.830. The molecule has 5 heteroatoms. The van der Waals surface area contributed by atoms with E-state index in [-0.39, 0.29) is 11.1 Å². The Hall–Kier alpha value is -1.49. The standard InChI is InChI=1S/C14H18N2O2S/c1-11-4-2-3-5-12(11)10-15-13(17)6-7-16-8-9-19-14(16)18/h2-5H,6-10H2,1H3,(H,15,17). The average Bonchev–Trinajstić information content (AvgIpc) is 2.81. The molecule has 0 bridgehead atoms. The van der Waals surface area contributed by atoms with Crippen LogP contribution in [0.25, 0.3) is 0 Å². The summed E-state index contributed by atoms with van der Waals surface area (Å²) < 4.78 is 0. The molecule has 0 unspecified atom stereocenters. The van der Waals surface area contributed by atoms with E-state index in [0.717, 1.165) is 17.9 Å². The molecule has 4 nitrogen and oxygen atoms in total. The van der Waals surface area contributed by atoms with Crippen LogP contribution in [-0.4, -0.2) is 34.9 Å². The lowest BCUT2D eigenvalue weighted by Gasteiger charge is -2.14. The van der Waals surface area contributed by atoms with E-state index >= 15 is 0 Å². The molecular weight excluding hydrogens is 260 g/mol. The monoisotopic (exact) mass is 278 g/mol. The minimum Gasteiger partial charge on any atom is -0.352 e. The summed E-state index contributed by atoms with van der Waals surface area (Å²) in [7, 11) is 0. The second-order valence-electron chi connectivity index (χ2n) is 4.55. The minimum absolute atomic E-state index is 0.00652. The van der Waals surface area contributed by atoms with Crippen molar-refractivity contribution in [2.45, 2.75) is 19.9 Å². The van der Waals surface area contributed by atoms with Crippen LogP contribution in [0.15, 0.2) is 24.3 Å². The first-order valence-electron chi connectivity index (χ1n) is 6.40. The van der Waals surface area contributed by atoms with Crippen LogP contribution in [0.1, 0.15) is 17.5 Å². The first-order valence-corrected chi connectivity index (χ1v) is 7.38. The molecule has 0 aliphatic carbocycles. The smallest absolute Gasteiger partial charge is 0.281 e. The normalized spacial score (nSPS) is 14.8. The Morgan fingerprint density at radius 1 is 1.42 bits per heavy atom. The molecule has 0 aromatic heterocycles. The minimum atomic E-state index is -0.00652. The van der Waals surface area contributed by atoms with E-state index < -0.39 is 0 Å². The molecule has 1 fully saturated rings. The summed E-state index contributed by atoms with van der Waals surface area (Å²) in [5.41, 5.74) is 2.30. The summed E-state index contributed by atoms with van der Waals surface area (Å²) >= 11 is 1.32. The molecule has 1 N–H and O–H groups in total. The lowest BCUT2D eigenvalue weighted by molar-refractivity contribution is -0.121. The fraction of sp³-hybridized carbons (Fsp3) is 0.429. The molecule has 1 aliphatic heterocycles. The van der Waals surface area contributed by atoms with Crippen LogP contribution in [0.5, 0.6) is 0 Å².